The van der Waals surface area contributed by atoms with E-state index in [4.69, 9.17) is 0 Å². The van der Waals surface area contributed by atoms with Crippen LogP contribution >= 0.6 is 11.8 Å². The molecule has 6 nitrogen and oxygen atoms in total. The smallest absolute Gasteiger partial charge is 0.237 e. The Bertz CT molecular complexity index is 1210. The first kappa shape index (κ1) is 21.7. The molecule has 0 aliphatic carbocycles. The molecule has 0 unspecified atom stereocenters. The summed E-state index contributed by atoms with van der Waals surface area (Å²) in [6.07, 6.45) is 4.03. The lowest BCUT2D eigenvalue weighted by molar-refractivity contribution is -0.115. The van der Waals surface area contributed by atoms with Crippen LogP contribution in [0.2, 0.25) is 0 Å². The van der Waals surface area contributed by atoms with Crippen molar-refractivity contribution < 1.29 is 9.18 Å². The first-order valence-electron chi connectivity index (χ1n) is 10.2. The third-order valence-corrected chi connectivity index (χ3v) is 6.24. The van der Waals surface area contributed by atoms with E-state index in [2.05, 4.69) is 20.5 Å². The molecular weight excluding hydrogens is 425 g/mol. The third kappa shape index (κ3) is 4.70. The van der Waals surface area contributed by atoms with E-state index in [1.807, 2.05) is 54.8 Å². The second kappa shape index (κ2) is 9.74. The van der Waals surface area contributed by atoms with Crippen LogP contribution in [0.4, 0.5) is 10.1 Å². The number of hydrogen-bond acceptors (Lipinski definition) is 5. The summed E-state index contributed by atoms with van der Waals surface area (Å²) >= 11 is 1.35. The summed E-state index contributed by atoms with van der Waals surface area (Å²) in [4.78, 5) is 17.1. The SMILES string of the molecule is CC[C@@H](Sc1nnc(-c2cccnc2)n1-c1ccccc1C)C(=O)Nc1ccc(F)cc1. The van der Waals surface area contributed by atoms with Crippen LogP contribution < -0.4 is 5.32 Å². The maximum absolute atomic E-state index is 13.2. The average Bonchev–Trinajstić information content (AvgIpc) is 3.23. The number of halogens is 1. The zero-order valence-corrected chi connectivity index (χ0v) is 18.5. The van der Waals surface area contributed by atoms with Gasteiger partial charge in [-0.1, -0.05) is 36.9 Å². The van der Waals surface area contributed by atoms with Crippen molar-refractivity contribution in [2.45, 2.75) is 30.7 Å². The van der Waals surface area contributed by atoms with Gasteiger partial charge in [-0.25, -0.2) is 4.39 Å². The van der Waals surface area contributed by atoms with E-state index in [0.29, 0.717) is 23.1 Å². The summed E-state index contributed by atoms with van der Waals surface area (Å²) in [5.74, 6) is 0.133. The van der Waals surface area contributed by atoms with Crippen LogP contribution in [0.25, 0.3) is 17.1 Å². The van der Waals surface area contributed by atoms with Crippen LogP contribution in [-0.4, -0.2) is 30.9 Å². The van der Waals surface area contributed by atoms with Gasteiger partial charge in [-0.2, -0.15) is 0 Å². The standard InChI is InChI=1S/C24H22FN5OS/c1-3-21(23(31)27-19-12-10-18(25)11-13-19)32-24-29-28-22(17-8-6-14-26-15-17)30(24)20-9-5-4-7-16(20)2/h4-15,21H,3H2,1-2H3,(H,27,31)/t21-/m1/s1. The van der Waals surface area contributed by atoms with E-state index in [0.717, 1.165) is 16.8 Å². The van der Waals surface area contributed by atoms with Gasteiger partial charge < -0.3 is 5.32 Å². The number of anilines is 1. The molecule has 2 aromatic carbocycles. The van der Waals surface area contributed by atoms with Gasteiger partial charge in [0.2, 0.25) is 5.91 Å². The van der Waals surface area contributed by atoms with E-state index in [-0.39, 0.29) is 11.7 Å². The number of aromatic nitrogens is 4. The van der Waals surface area contributed by atoms with Crippen LogP contribution in [0.15, 0.2) is 78.2 Å². The maximum atomic E-state index is 13.2. The minimum Gasteiger partial charge on any atom is -0.325 e. The lowest BCUT2D eigenvalue weighted by Gasteiger charge is -2.17. The van der Waals surface area contributed by atoms with Crippen molar-refractivity contribution in [3.63, 3.8) is 0 Å². The number of para-hydroxylation sites is 1. The maximum Gasteiger partial charge on any atom is 0.237 e. The van der Waals surface area contributed by atoms with Gasteiger partial charge in [0.05, 0.1) is 10.9 Å². The lowest BCUT2D eigenvalue weighted by Crippen LogP contribution is -2.25. The van der Waals surface area contributed by atoms with Gasteiger partial charge in [0.1, 0.15) is 5.82 Å². The van der Waals surface area contributed by atoms with Gasteiger partial charge >= 0.3 is 0 Å². The number of rotatable bonds is 7. The molecule has 0 bridgehead atoms. The number of carbonyl (C=O) groups is 1. The number of hydrogen-bond donors (Lipinski definition) is 1. The van der Waals surface area contributed by atoms with Gasteiger partial charge in [-0.3, -0.25) is 14.3 Å². The van der Waals surface area contributed by atoms with Crippen LogP contribution in [0.5, 0.6) is 0 Å². The van der Waals surface area contributed by atoms with Crippen molar-refractivity contribution in [3.05, 3.63) is 84.4 Å². The number of thioether (sulfide) groups is 1. The van der Waals surface area contributed by atoms with Gasteiger partial charge in [0.15, 0.2) is 11.0 Å². The van der Waals surface area contributed by atoms with Crippen molar-refractivity contribution in [3.8, 4) is 17.1 Å². The van der Waals surface area contributed by atoms with Gasteiger partial charge in [0.25, 0.3) is 0 Å². The molecule has 0 saturated carbocycles. The molecule has 2 heterocycles. The largest absolute Gasteiger partial charge is 0.325 e. The Balaban J connectivity index is 1.68. The first-order chi connectivity index (χ1) is 15.6. The Hall–Kier alpha value is -3.52. The molecule has 4 rings (SSSR count). The fraction of sp³-hybridized carbons (Fsp3) is 0.167. The molecule has 162 valence electrons. The Kier molecular flexibility index (Phi) is 6.61. The number of nitrogens with one attached hydrogen (secondary N) is 1. The van der Waals surface area contributed by atoms with E-state index in [1.54, 1.807) is 24.5 Å². The van der Waals surface area contributed by atoms with Crippen LogP contribution in [0.3, 0.4) is 0 Å². The van der Waals surface area contributed by atoms with Gasteiger partial charge in [0, 0.05) is 23.6 Å². The van der Waals surface area contributed by atoms with Crippen LogP contribution in [-0.2, 0) is 4.79 Å². The molecule has 0 fully saturated rings. The molecule has 2 aromatic heterocycles. The predicted molar refractivity (Wildman–Crippen MR) is 124 cm³/mol. The minimum atomic E-state index is -0.409. The third-order valence-electron chi connectivity index (χ3n) is 4.93. The Labute approximate surface area is 189 Å². The van der Waals surface area contributed by atoms with E-state index in [1.165, 1.54) is 23.9 Å². The highest BCUT2D eigenvalue weighted by Crippen LogP contribution is 2.32. The second-order valence-corrected chi connectivity index (χ2v) is 8.35. The highest BCUT2D eigenvalue weighted by molar-refractivity contribution is 8.00. The van der Waals surface area contributed by atoms with E-state index < -0.39 is 5.25 Å². The predicted octanol–water partition coefficient (Wildman–Crippen LogP) is 5.29. The number of benzene rings is 2. The van der Waals surface area contributed by atoms with E-state index in [9.17, 15) is 9.18 Å². The highest BCUT2D eigenvalue weighted by Gasteiger charge is 2.24. The Morgan fingerprint density at radius 3 is 2.56 bits per heavy atom. The van der Waals surface area contributed by atoms with E-state index >= 15 is 0 Å². The zero-order chi connectivity index (χ0) is 22.5. The summed E-state index contributed by atoms with van der Waals surface area (Å²) in [6.45, 7) is 3.97. The molecule has 1 N–H and O–H groups in total. The summed E-state index contributed by atoms with van der Waals surface area (Å²) < 4.78 is 15.1. The summed E-state index contributed by atoms with van der Waals surface area (Å²) in [5.41, 5.74) is 3.38. The van der Waals surface area contributed by atoms with Crippen LogP contribution in [0.1, 0.15) is 18.9 Å². The van der Waals surface area contributed by atoms with Crippen molar-refractivity contribution in [1.29, 1.82) is 0 Å². The second-order valence-electron chi connectivity index (χ2n) is 7.18. The molecular formula is C24H22FN5OS. The Morgan fingerprint density at radius 2 is 1.88 bits per heavy atom. The summed E-state index contributed by atoms with van der Waals surface area (Å²) in [7, 11) is 0. The first-order valence-corrected chi connectivity index (χ1v) is 11.1. The number of carbonyl (C=O) groups excluding carboxylic acids is 1. The lowest BCUT2D eigenvalue weighted by atomic mass is 10.2. The molecule has 0 saturated heterocycles. The highest BCUT2D eigenvalue weighted by atomic mass is 32.2. The molecule has 8 heteroatoms. The molecule has 0 aliphatic rings. The normalized spacial score (nSPS) is 11.8. The fourth-order valence-electron chi connectivity index (χ4n) is 3.27. The molecule has 0 radical (unpaired) electrons. The van der Waals surface area contributed by atoms with Crippen LogP contribution in [0, 0.1) is 12.7 Å². The van der Waals surface area contributed by atoms with Gasteiger partial charge in [-0.15, -0.1) is 10.2 Å². The van der Waals surface area contributed by atoms with Crippen molar-refractivity contribution in [1.82, 2.24) is 19.7 Å². The molecule has 1 amide bonds. The molecule has 0 aliphatic heterocycles. The minimum absolute atomic E-state index is 0.175. The number of nitrogens with zero attached hydrogens (tertiary/aromatic N) is 4. The average molecular weight is 448 g/mol. The van der Waals surface area contributed by atoms with Gasteiger partial charge in [-0.05, 0) is 61.4 Å². The molecule has 32 heavy (non-hydrogen) atoms. The monoisotopic (exact) mass is 447 g/mol. The fourth-order valence-corrected chi connectivity index (χ4v) is 4.23. The summed E-state index contributed by atoms with van der Waals surface area (Å²) in [6, 6.07) is 17.5. The molecule has 1 atom stereocenters. The zero-order valence-electron chi connectivity index (χ0n) is 17.7. The van der Waals surface area contributed by atoms with Crippen molar-refractivity contribution in [2.24, 2.45) is 0 Å². The molecule has 0 spiro atoms. The number of pyridine rings is 1. The quantitative estimate of drug-likeness (QED) is 0.390. The van der Waals surface area contributed by atoms with Crippen molar-refractivity contribution in [2.75, 3.05) is 5.32 Å². The summed E-state index contributed by atoms with van der Waals surface area (Å²) in [5, 5.41) is 11.9. The Morgan fingerprint density at radius 1 is 1.09 bits per heavy atom. The number of amides is 1. The molecule has 4 aromatic rings. The number of aryl methyl sites for hydroxylation is 1. The topological polar surface area (TPSA) is 72.7 Å². The van der Waals surface area contributed by atoms with Crippen molar-refractivity contribution >= 4 is 23.4 Å².